The summed E-state index contributed by atoms with van der Waals surface area (Å²) in [7, 11) is 0. The molecule has 2 rings (SSSR count). The van der Waals surface area contributed by atoms with E-state index in [2.05, 4.69) is 15.9 Å². The molecule has 1 aromatic heterocycles. The number of thiocarbonyl (C=S) groups is 1. The van der Waals surface area contributed by atoms with Gasteiger partial charge in [-0.15, -0.1) is 0 Å². The smallest absolute Gasteiger partial charge is 0.261 e. The molecule has 0 spiro atoms. The molecule has 2 aromatic rings. The molecular weight excluding hydrogens is 362 g/mol. The van der Waals surface area contributed by atoms with E-state index in [4.69, 9.17) is 18.0 Å². The monoisotopic (exact) mass is 372 g/mol. The normalized spacial score (nSPS) is 10.7. The van der Waals surface area contributed by atoms with Crippen LogP contribution >= 0.6 is 28.1 Å². The van der Waals surface area contributed by atoms with Crippen LogP contribution < -0.4 is 11.3 Å². The fraction of sp³-hybridized carbons (Fsp3) is 0.143. The van der Waals surface area contributed by atoms with Gasteiger partial charge in [0.2, 0.25) is 0 Å². The van der Waals surface area contributed by atoms with Gasteiger partial charge >= 0.3 is 0 Å². The highest BCUT2D eigenvalue weighted by Crippen LogP contribution is 2.22. The molecule has 0 atom stereocenters. The summed E-state index contributed by atoms with van der Waals surface area (Å²) in [5, 5.41) is 0. The molecule has 1 aromatic carbocycles. The Bertz CT molecular complexity index is 789. The minimum absolute atomic E-state index is 0.0519. The number of nitrogens with zero attached hydrogens (tertiary/aromatic N) is 1. The molecule has 1 heterocycles. The summed E-state index contributed by atoms with van der Waals surface area (Å²) < 4.78 is 29.2. The van der Waals surface area contributed by atoms with Crippen molar-refractivity contribution in [3.05, 3.63) is 67.5 Å². The van der Waals surface area contributed by atoms with Crippen molar-refractivity contribution in [2.75, 3.05) is 0 Å². The van der Waals surface area contributed by atoms with E-state index in [0.717, 1.165) is 6.07 Å². The summed E-state index contributed by atoms with van der Waals surface area (Å²) in [4.78, 5) is 12.2. The first kappa shape index (κ1) is 15.8. The number of hydrogen-bond donors (Lipinski definition) is 1. The van der Waals surface area contributed by atoms with Gasteiger partial charge in [0, 0.05) is 11.3 Å². The SMILES string of the molecule is Cc1ccc(C(N)=S)c(=O)n1Cc1c(F)ccc(Br)c1F. The molecule has 0 aliphatic carbocycles. The third-order valence-corrected chi connectivity index (χ3v) is 3.95. The van der Waals surface area contributed by atoms with E-state index in [1.807, 2.05) is 0 Å². The first-order valence-corrected chi connectivity index (χ1v) is 7.15. The summed E-state index contributed by atoms with van der Waals surface area (Å²) in [6.45, 7) is 1.43. The van der Waals surface area contributed by atoms with Crippen LogP contribution in [0.4, 0.5) is 8.78 Å². The minimum atomic E-state index is -0.734. The molecule has 3 nitrogen and oxygen atoms in total. The molecule has 0 saturated carbocycles. The van der Waals surface area contributed by atoms with Gasteiger partial charge in [-0.3, -0.25) is 4.79 Å². The van der Waals surface area contributed by atoms with Gasteiger partial charge in [-0.05, 0) is 47.1 Å². The Kier molecular flexibility index (Phi) is 4.53. The van der Waals surface area contributed by atoms with Crippen molar-refractivity contribution in [3.63, 3.8) is 0 Å². The molecule has 0 saturated heterocycles. The maximum atomic E-state index is 14.0. The fourth-order valence-corrected chi connectivity index (χ4v) is 2.45. The van der Waals surface area contributed by atoms with E-state index in [1.165, 1.54) is 16.7 Å². The number of hydrogen-bond acceptors (Lipinski definition) is 2. The predicted molar refractivity (Wildman–Crippen MR) is 84.5 cm³/mol. The molecule has 0 aliphatic heterocycles. The second kappa shape index (κ2) is 6.03. The van der Waals surface area contributed by atoms with Crippen LogP contribution in [0.5, 0.6) is 0 Å². The average Bonchev–Trinajstić information content (AvgIpc) is 2.42. The van der Waals surface area contributed by atoms with Gasteiger partial charge in [0.15, 0.2) is 0 Å². The molecule has 21 heavy (non-hydrogen) atoms. The van der Waals surface area contributed by atoms with Gasteiger partial charge in [0.25, 0.3) is 5.56 Å². The molecule has 0 fully saturated rings. The van der Waals surface area contributed by atoms with Crippen LogP contribution in [0.25, 0.3) is 0 Å². The zero-order chi connectivity index (χ0) is 15.7. The van der Waals surface area contributed by atoms with Gasteiger partial charge in [-0.2, -0.15) is 0 Å². The molecule has 2 N–H and O–H groups in total. The second-order valence-electron chi connectivity index (χ2n) is 4.47. The number of benzene rings is 1. The van der Waals surface area contributed by atoms with E-state index in [9.17, 15) is 13.6 Å². The van der Waals surface area contributed by atoms with Crippen molar-refractivity contribution in [3.8, 4) is 0 Å². The second-order valence-corrected chi connectivity index (χ2v) is 5.76. The summed E-state index contributed by atoms with van der Waals surface area (Å²) in [6, 6.07) is 5.54. The first-order valence-electron chi connectivity index (χ1n) is 5.95. The molecule has 0 bridgehead atoms. The molecule has 0 radical (unpaired) electrons. The molecular formula is C14H11BrF2N2OS. The third kappa shape index (κ3) is 3.03. The molecule has 7 heteroatoms. The Balaban J connectivity index is 2.60. The van der Waals surface area contributed by atoms with Crippen molar-refractivity contribution in [2.24, 2.45) is 5.73 Å². The van der Waals surface area contributed by atoms with E-state index >= 15 is 0 Å². The van der Waals surface area contributed by atoms with Gasteiger partial charge in [0.1, 0.15) is 16.6 Å². The van der Waals surface area contributed by atoms with Crippen LogP contribution in [0.2, 0.25) is 0 Å². The van der Waals surface area contributed by atoms with Crippen molar-refractivity contribution in [2.45, 2.75) is 13.5 Å². The minimum Gasteiger partial charge on any atom is -0.389 e. The third-order valence-electron chi connectivity index (χ3n) is 3.11. The highest BCUT2D eigenvalue weighted by molar-refractivity contribution is 9.10. The van der Waals surface area contributed by atoms with E-state index in [-0.39, 0.29) is 27.1 Å². The molecule has 110 valence electrons. The lowest BCUT2D eigenvalue weighted by Gasteiger charge is -2.13. The Morgan fingerprint density at radius 1 is 1.33 bits per heavy atom. The average molecular weight is 373 g/mol. The number of pyridine rings is 1. The number of aryl methyl sites for hydroxylation is 1. The highest BCUT2D eigenvalue weighted by Gasteiger charge is 2.16. The Hall–Kier alpha value is -1.60. The maximum Gasteiger partial charge on any atom is 0.261 e. The summed E-state index contributed by atoms with van der Waals surface area (Å²) in [5.74, 6) is -1.45. The van der Waals surface area contributed by atoms with E-state index < -0.39 is 17.2 Å². The zero-order valence-electron chi connectivity index (χ0n) is 11.0. The summed E-state index contributed by atoms with van der Waals surface area (Å²) >= 11 is 7.80. The lowest BCUT2D eigenvalue weighted by molar-refractivity contribution is 0.535. The number of nitrogens with two attached hydrogens (primary N) is 1. The first-order chi connectivity index (χ1) is 9.82. The number of halogens is 3. The molecule has 0 aliphatic rings. The molecule has 0 amide bonds. The van der Waals surface area contributed by atoms with Crippen LogP contribution in [0, 0.1) is 18.6 Å². The topological polar surface area (TPSA) is 48.0 Å². The van der Waals surface area contributed by atoms with Crippen molar-refractivity contribution >= 4 is 33.1 Å². The van der Waals surface area contributed by atoms with Crippen molar-refractivity contribution in [1.29, 1.82) is 0 Å². The van der Waals surface area contributed by atoms with E-state index in [1.54, 1.807) is 13.0 Å². The van der Waals surface area contributed by atoms with Crippen LogP contribution in [0.1, 0.15) is 16.8 Å². The predicted octanol–water partition coefficient (Wildman–Crippen LogP) is 2.88. The van der Waals surface area contributed by atoms with Gasteiger partial charge in [0.05, 0.1) is 16.6 Å². The van der Waals surface area contributed by atoms with Gasteiger partial charge in [-0.25, -0.2) is 8.78 Å². The maximum absolute atomic E-state index is 14.0. The highest BCUT2D eigenvalue weighted by atomic mass is 79.9. The van der Waals surface area contributed by atoms with Crippen molar-refractivity contribution < 1.29 is 8.78 Å². The van der Waals surface area contributed by atoms with Crippen LogP contribution in [-0.4, -0.2) is 9.56 Å². The lowest BCUT2D eigenvalue weighted by atomic mass is 10.1. The summed E-state index contributed by atoms with van der Waals surface area (Å²) in [6.07, 6.45) is 0. The fourth-order valence-electron chi connectivity index (χ4n) is 1.93. The molecule has 0 unspecified atom stereocenters. The lowest BCUT2D eigenvalue weighted by Crippen LogP contribution is -2.31. The van der Waals surface area contributed by atoms with Gasteiger partial charge < -0.3 is 10.3 Å². The Labute approximate surface area is 133 Å². The van der Waals surface area contributed by atoms with Crippen LogP contribution in [0.15, 0.2) is 33.5 Å². The quantitative estimate of drug-likeness (QED) is 0.665. The zero-order valence-corrected chi connectivity index (χ0v) is 13.4. The number of rotatable bonds is 3. The largest absolute Gasteiger partial charge is 0.389 e. The number of aromatic nitrogens is 1. The Morgan fingerprint density at radius 2 is 2.00 bits per heavy atom. The van der Waals surface area contributed by atoms with E-state index in [0.29, 0.717) is 5.69 Å². The standard InChI is InChI=1S/C14H11BrF2N2OS/c1-7-2-3-8(13(18)21)14(20)19(7)6-9-11(16)5-4-10(15)12(9)17/h2-5H,6H2,1H3,(H2,18,21). The van der Waals surface area contributed by atoms with Crippen molar-refractivity contribution in [1.82, 2.24) is 4.57 Å². The Morgan fingerprint density at radius 3 is 2.62 bits per heavy atom. The van der Waals surface area contributed by atoms with Gasteiger partial charge in [-0.1, -0.05) is 12.2 Å². The van der Waals surface area contributed by atoms with Crippen LogP contribution in [0.3, 0.4) is 0 Å². The van der Waals surface area contributed by atoms with Crippen LogP contribution in [-0.2, 0) is 6.54 Å². The summed E-state index contributed by atoms with van der Waals surface area (Å²) in [5.41, 5.74) is 5.50.